The standard InChI is InChI=1S/C16H19N3/c1-12-11-13(2)18-16(17-12)19-10-6-9-15(19)14-7-4-3-5-8-14/h3-5,7-8,11,15H,6,9-10H2,1-2H3/t15-/m1/s1. The molecule has 1 aromatic carbocycles. The Morgan fingerprint density at radius 3 is 2.42 bits per heavy atom. The molecule has 0 amide bonds. The number of nitrogens with zero attached hydrogens (tertiary/aromatic N) is 3. The Kier molecular flexibility index (Phi) is 3.20. The number of rotatable bonds is 2. The lowest BCUT2D eigenvalue weighted by molar-refractivity contribution is 0.699. The summed E-state index contributed by atoms with van der Waals surface area (Å²) < 4.78 is 0. The van der Waals surface area contributed by atoms with Crippen molar-refractivity contribution in [3.8, 4) is 0 Å². The molecule has 0 N–H and O–H groups in total. The van der Waals surface area contributed by atoms with Gasteiger partial charge in [0, 0.05) is 17.9 Å². The molecule has 1 aromatic heterocycles. The van der Waals surface area contributed by atoms with Gasteiger partial charge in [-0.3, -0.25) is 0 Å². The number of anilines is 1. The third-order valence-electron chi connectivity index (χ3n) is 3.66. The third-order valence-corrected chi connectivity index (χ3v) is 3.66. The minimum atomic E-state index is 0.419. The van der Waals surface area contributed by atoms with Crippen LogP contribution in [0.3, 0.4) is 0 Å². The normalized spacial score (nSPS) is 18.8. The minimum absolute atomic E-state index is 0.419. The molecule has 98 valence electrons. The second kappa shape index (κ2) is 5.00. The van der Waals surface area contributed by atoms with Gasteiger partial charge in [0.2, 0.25) is 5.95 Å². The van der Waals surface area contributed by atoms with E-state index in [9.17, 15) is 0 Å². The van der Waals surface area contributed by atoms with Gasteiger partial charge in [-0.2, -0.15) is 0 Å². The molecule has 1 atom stereocenters. The fourth-order valence-corrected chi connectivity index (χ4v) is 2.86. The summed E-state index contributed by atoms with van der Waals surface area (Å²) in [6, 6.07) is 13.1. The summed E-state index contributed by atoms with van der Waals surface area (Å²) in [6.45, 7) is 5.11. The van der Waals surface area contributed by atoms with E-state index in [0.717, 1.165) is 23.9 Å². The van der Waals surface area contributed by atoms with E-state index in [4.69, 9.17) is 0 Å². The Labute approximate surface area is 114 Å². The summed E-state index contributed by atoms with van der Waals surface area (Å²) >= 11 is 0. The Morgan fingerprint density at radius 2 is 1.74 bits per heavy atom. The van der Waals surface area contributed by atoms with Crippen molar-refractivity contribution in [2.75, 3.05) is 11.4 Å². The topological polar surface area (TPSA) is 29.0 Å². The van der Waals surface area contributed by atoms with Crippen LogP contribution in [0, 0.1) is 13.8 Å². The summed E-state index contributed by atoms with van der Waals surface area (Å²) in [5, 5.41) is 0. The SMILES string of the molecule is Cc1cc(C)nc(N2CCC[C@@H]2c2ccccc2)n1. The molecule has 2 heterocycles. The maximum atomic E-state index is 4.61. The first-order valence-electron chi connectivity index (χ1n) is 6.88. The molecule has 3 rings (SSSR count). The number of hydrogen-bond acceptors (Lipinski definition) is 3. The molecular weight excluding hydrogens is 234 g/mol. The van der Waals surface area contributed by atoms with E-state index in [1.165, 1.54) is 18.4 Å². The molecule has 1 aliphatic heterocycles. The fourth-order valence-electron chi connectivity index (χ4n) is 2.86. The molecule has 2 aromatic rings. The van der Waals surface area contributed by atoms with Crippen LogP contribution in [0.4, 0.5) is 5.95 Å². The van der Waals surface area contributed by atoms with E-state index in [0.29, 0.717) is 6.04 Å². The zero-order valence-corrected chi connectivity index (χ0v) is 11.5. The summed E-state index contributed by atoms with van der Waals surface area (Å²) in [5.74, 6) is 0.879. The van der Waals surface area contributed by atoms with Crippen LogP contribution in [-0.4, -0.2) is 16.5 Å². The van der Waals surface area contributed by atoms with Crippen LogP contribution in [0.1, 0.15) is 35.8 Å². The number of benzene rings is 1. The van der Waals surface area contributed by atoms with Gasteiger partial charge in [-0.05, 0) is 38.3 Å². The molecule has 0 unspecified atom stereocenters. The van der Waals surface area contributed by atoms with Gasteiger partial charge in [-0.1, -0.05) is 30.3 Å². The first-order chi connectivity index (χ1) is 9.24. The van der Waals surface area contributed by atoms with E-state index in [-0.39, 0.29) is 0 Å². The summed E-state index contributed by atoms with van der Waals surface area (Å²) in [4.78, 5) is 11.6. The van der Waals surface area contributed by atoms with Gasteiger partial charge in [0.15, 0.2) is 0 Å². The van der Waals surface area contributed by atoms with Crippen molar-refractivity contribution in [3.05, 3.63) is 53.3 Å². The van der Waals surface area contributed by atoms with E-state index >= 15 is 0 Å². The highest BCUT2D eigenvalue weighted by Gasteiger charge is 2.27. The predicted molar refractivity (Wildman–Crippen MR) is 77.3 cm³/mol. The van der Waals surface area contributed by atoms with Gasteiger partial charge in [0.25, 0.3) is 0 Å². The van der Waals surface area contributed by atoms with E-state index < -0.39 is 0 Å². The van der Waals surface area contributed by atoms with Gasteiger partial charge in [0.1, 0.15) is 0 Å². The van der Waals surface area contributed by atoms with Crippen LogP contribution in [0.2, 0.25) is 0 Å². The van der Waals surface area contributed by atoms with Crippen LogP contribution >= 0.6 is 0 Å². The molecular formula is C16H19N3. The van der Waals surface area contributed by atoms with Crippen LogP contribution < -0.4 is 4.90 Å². The number of aryl methyl sites for hydroxylation is 2. The van der Waals surface area contributed by atoms with Crippen molar-refractivity contribution in [2.24, 2.45) is 0 Å². The second-order valence-electron chi connectivity index (χ2n) is 5.21. The monoisotopic (exact) mass is 253 g/mol. The Morgan fingerprint density at radius 1 is 1.05 bits per heavy atom. The van der Waals surface area contributed by atoms with Crippen LogP contribution in [0.5, 0.6) is 0 Å². The van der Waals surface area contributed by atoms with Crippen molar-refractivity contribution in [3.63, 3.8) is 0 Å². The Bertz CT molecular complexity index is 545. The molecule has 0 aliphatic carbocycles. The maximum Gasteiger partial charge on any atom is 0.226 e. The van der Waals surface area contributed by atoms with Gasteiger partial charge in [0.05, 0.1) is 6.04 Å². The summed E-state index contributed by atoms with van der Waals surface area (Å²) in [7, 11) is 0. The zero-order valence-electron chi connectivity index (χ0n) is 11.5. The minimum Gasteiger partial charge on any atom is -0.334 e. The van der Waals surface area contributed by atoms with Crippen LogP contribution in [0.25, 0.3) is 0 Å². The largest absolute Gasteiger partial charge is 0.334 e. The highest BCUT2D eigenvalue weighted by atomic mass is 15.3. The second-order valence-corrected chi connectivity index (χ2v) is 5.21. The smallest absolute Gasteiger partial charge is 0.226 e. The lowest BCUT2D eigenvalue weighted by atomic mass is 10.1. The van der Waals surface area contributed by atoms with E-state index in [1.807, 2.05) is 19.9 Å². The maximum absolute atomic E-state index is 4.61. The Hall–Kier alpha value is -1.90. The number of aromatic nitrogens is 2. The molecule has 0 saturated carbocycles. The molecule has 3 heteroatoms. The zero-order chi connectivity index (χ0) is 13.2. The quantitative estimate of drug-likeness (QED) is 0.821. The highest BCUT2D eigenvalue weighted by molar-refractivity contribution is 5.39. The average Bonchev–Trinajstić information content (AvgIpc) is 2.88. The van der Waals surface area contributed by atoms with Gasteiger partial charge < -0.3 is 4.90 Å². The van der Waals surface area contributed by atoms with Crippen molar-refractivity contribution < 1.29 is 0 Å². The van der Waals surface area contributed by atoms with Gasteiger partial charge >= 0.3 is 0 Å². The first kappa shape index (κ1) is 12.2. The number of hydrogen-bond donors (Lipinski definition) is 0. The molecule has 0 radical (unpaired) electrons. The van der Waals surface area contributed by atoms with Crippen molar-refractivity contribution >= 4 is 5.95 Å². The van der Waals surface area contributed by atoms with Crippen molar-refractivity contribution in [1.82, 2.24) is 9.97 Å². The van der Waals surface area contributed by atoms with Crippen molar-refractivity contribution in [1.29, 1.82) is 0 Å². The molecule has 0 spiro atoms. The molecule has 1 aliphatic rings. The first-order valence-corrected chi connectivity index (χ1v) is 6.88. The molecule has 0 bridgehead atoms. The van der Waals surface area contributed by atoms with E-state index in [2.05, 4.69) is 45.2 Å². The predicted octanol–water partition coefficient (Wildman–Crippen LogP) is 3.43. The van der Waals surface area contributed by atoms with Gasteiger partial charge in [-0.15, -0.1) is 0 Å². The van der Waals surface area contributed by atoms with E-state index in [1.54, 1.807) is 0 Å². The lowest BCUT2D eigenvalue weighted by Gasteiger charge is -2.25. The summed E-state index contributed by atoms with van der Waals surface area (Å²) in [5.41, 5.74) is 3.45. The molecule has 1 saturated heterocycles. The average molecular weight is 253 g/mol. The molecule has 19 heavy (non-hydrogen) atoms. The highest BCUT2D eigenvalue weighted by Crippen LogP contribution is 2.34. The summed E-state index contributed by atoms with van der Waals surface area (Å²) in [6.07, 6.45) is 2.39. The molecule has 1 fully saturated rings. The fraction of sp³-hybridized carbons (Fsp3) is 0.375. The molecule has 3 nitrogen and oxygen atoms in total. The van der Waals surface area contributed by atoms with Gasteiger partial charge in [-0.25, -0.2) is 9.97 Å². The van der Waals surface area contributed by atoms with Crippen molar-refractivity contribution in [2.45, 2.75) is 32.7 Å². The third kappa shape index (κ3) is 2.46. The Balaban J connectivity index is 1.95. The van der Waals surface area contributed by atoms with Crippen LogP contribution in [-0.2, 0) is 0 Å². The lowest BCUT2D eigenvalue weighted by Crippen LogP contribution is -2.25. The van der Waals surface area contributed by atoms with Crippen LogP contribution in [0.15, 0.2) is 36.4 Å².